The summed E-state index contributed by atoms with van der Waals surface area (Å²) in [5.74, 6) is -0.751. The summed E-state index contributed by atoms with van der Waals surface area (Å²) in [6, 6.07) is 12.1. The normalized spacial score (nSPS) is 12.5. The first-order valence-electron chi connectivity index (χ1n) is 7.94. The van der Waals surface area contributed by atoms with Crippen LogP contribution in [-0.2, 0) is 13.5 Å². The van der Waals surface area contributed by atoms with Crippen molar-refractivity contribution in [2.24, 2.45) is 12.8 Å². The van der Waals surface area contributed by atoms with E-state index >= 15 is 0 Å². The molecule has 0 aliphatic rings. The van der Waals surface area contributed by atoms with Gasteiger partial charge in [0.25, 0.3) is 0 Å². The topological polar surface area (TPSA) is 84.9 Å². The molecule has 0 saturated carbocycles. The third-order valence-electron chi connectivity index (χ3n) is 4.39. The van der Waals surface area contributed by atoms with E-state index in [4.69, 9.17) is 15.4 Å². The summed E-state index contributed by atoms with van der Waals surface area (Å²) >= 11 is 1.33. The maximum absolute atomic E-state index is 14.8. The van der Waals surface area contributed by atoms with Crippen molar-refractivity contribution in [1.82, 2.24) is 4.57 Å². The monoisotopic (exact) mass is 367 g/mol. The number of nitrogens with two attached hydrogens (primary N) is 1. The minimum Gasteiger partial charge on any atom is -0.408 e. The standard InChI is InChI=1S/C19H14FN3O2S/c1-23-14-7-10(4-5-15(14)25-19(23)24)16-8-12-3-2-11(6-13(22)9-21)17(20)18(12)26-16/h2-5,7-8,13H,6,22H2,1H3. The number of nitrogens with zero attached hydrogens (tertiary/aromatic N) is 2. The van der Waals surface area contributed by atoms with Crippen molar-refractivity contribution in [2.75, 3.05) is 0 Å². The number of oxazole rings is 1. The summed E-state index contributed by atoms with van der Waals surface area (Å²) in [5.41, 5.74) is 8.14. The Morgan fingerprint density at radius 3 is 2.92 bits per heavy atom. The lowest BCUT2D eigenvalue weighted by molar-refractivity contribution is 0.528. The van der Waals surface area contributed by atoms with Gasteiger partial charge in [0, 0.05) is 18.3 Å². The Bertz CT molecular complexity index is 1250. The van der Waals surface area contributed by atoms with Gasteiger partial charge in [0.1, 0.15) is 5.82 Å². The van der Waals surface area contributed by atoms with Gasteiger partial charge >= 0.3 is 5.76 Å². The van der Waals surface area contributed by atoms with Gasteiger partial charge in [-0.2, -0.15) is 5.26 Å². The molecule has 0 fully saturated rings. The first-order chi connectivity index (χ1) is 12.5. The molecule has 1 unspecified atom stereocenters. The van der Waals surface area contributed by atoms with Crippen LogP contribution in [0.2, 0.25) is 0 Å². The van der Waals surface area contributed by atoms with Crippen LogP contribution in [-0.4, -0.2) is 10.6 Å². The van der Waals surface area contributed by atoms with Gasteiger partial charge in [-0.05, 0) is 40.8 Å². The van der Waals surface area contributed by atoms with Crippen LogP contribution in [0.25, 0.3) is 31.6 Å². The molecule has 2 N–H and O–H groups in total. The molecule has 7 heteroatoms. The third kappa shape index (κ3) is 2.60. The Morgan fingerprint density at radius 2 is 2.15 bits per heavy atom. The molecular formula is C19H14FN3O2S. The van der Waals surface area contributed by atoms with E-state index in [0.717, 1.165) is 15.8 Å². The molecule has 2 aromatic carbocycles. The lowest BCUT2D eigenvalue weighted by Gasteiger charge is -2.05. The second kappa shape index (κ2) is 6.09. The van der Waals surface area contributed by atoms with Crippen LogP contribution in [0.5, 0.6) is 0 Å². The highest BCUT2D eigenvalue weighted by Crippen LogP contribution is 2.37. The highest BCUT2D eigenvalue weighted by atomic mass is 32.1. The fraction of sp³-hybridized carbons (Fsp3) is 0.158. The molecule has 0 bridgehead atoms. The summed E-state index contributed by atoms with van der Waals surface area (Å²) in [6.07, 6.45) is 0.175. The molecule has 1 atom stereocenters. The fourth-order valence-corrected chi connectivity index (χ4v) is 4.09. The molecule has 0 radical (unpaired) electrons. The van der Waals surface area contributed by atoms with Crippen LogP contribution in [0.15, 0.2) is 45.6 Å². The van der Waals surface area contributed by atoms with Gasteiger partial charge in [-0.15, -0.1) is 11.3 Å². The van der Waals surface area contributed by atoms with Gasteiger partial charge in [-0.25, -0.2) is 9.18 Å². The number of benzene rings is 2. The van der Waals surface area contributed by atoms with E-state index in [-0.39, 0.29) is 12.2 Å². The van der Waals surface area contributed by atoms with Crippen molar-refractivity contribution < 1.29 is 8.81 Å². The zero-order chi connectivity index (χ0) is 18.4. The van der Waals surface area contributed by atoms with Crippen LogP contribution in [0.4, 0.5) is 4.39 Å². The molecule has 130 valence electrons. The van der Waals surface area contributed by atoms with Crippen LogP contribution in [0.3, 0.4) is 0 Å². The summed E-state index contributed by atoms with van der Waals surface area (Å²) in [7, 11) is 1.65. The van der Waals surface area contributed by atoms with E-state index in [1.165, 1.54) is 15.9 Å². The average molecular weight is 367 g/mol. The summed E-state index contributed by atoms with van der Waals surface area (Å²) in [5, 5.41) is 9.63. The Morgan fingerprint density at radius 1 is 1.35 bits per heavy atom. The summed E-state index contributed by atoms with van der Waals surface area (Å²) < 4.78 is 21.9. The zero-order valence-corrected chi connectivity index (χ0v) is 14.6. The summed E-state index contributed by atoms with van der Waals surface area (Å²) in [6.45, 7) is 0. The predicted molar refractivity (Wildman–Crippen MR) is 99.5 cm³/mol. The molecule has 0 amide bonds. The Labute approximate surface area is 151 Å². The molecule has 26 heavy (non-hydrogen) atoms. The number of thiophene rings is 1. The highest BCUT2D eigenvalue weighted by molar-refractivity contribution is 7.22. The zero-order valence-electron chi connectivity index (χ0n) is 13.8. The first kappa shape index (κ1) is 16.5. The average Bonchev–Trinajstić information content (AvgIpc) is 3.19. The second-order valence-corrected chi connectivity index (χ2v) is 7.17. The number of aryl methyl sites for hydroxylation is 1. The molecule has 4 aromatic rings. The van der Waals surface area contributed by atoms with E-state index in [1.54, 1.807) is 19.2 Å². The molecule has 2 heterocycles. The largest absolute Gasteiger partial charge is 0.419 e. The van der Waals surface area contributed by atoms with Crippen LogP contribution < -0.4 is 11.5 Å². The third-order valence-corrected chi connectivity index (χ3v) is 5.58. The molecule has 2 aromatic heterocycles. The molecule has 4 rings (SSSR count). The highest BCUT2D eigenvalue weighted by Gasteiger charge is 2.15. The lowest BCUT2D eigenvalue weighted by atomic mass is 10.1. The molecule has 0 spiro atoms. The first-order valence-corrected chi connectivity index (χ1v) is 8.75. The Balaban J connectivity index is 1.83. The van der Waals surface area contributed by atoms with Gasteiger partial charge < -0.3 is 10.2 Å². The van der Waals surface area contributed by atoms with E-state index in [1.807, 2.05) is 30.3 Å². The number of hydrogen-bond donors (Lipinski definition) is 1. The second-order valence-electron chi connectivity index (χ2n) is 6.12. The fourth-order valence-electron chi connectivity index (χ4n) is 2.97. The van der Waals surface area contributed by atoms with E-state index in [9.17, 15) is 9.18 Å². The molecule has 0 saturated heterocycles. The lowest BCUT2D eigenvalue weighted by Crippen LogP contribution is -2.20. The maximum atomic E-state index is 14.8. The molecule has 0 aliphatic heterocycles. The maximum Gasteiger partial charge on any atom is 0.419 e. The quantitative estimate of drug-likeness (QED) is 0.600. The van der Waals surface area contributed by atoms with Crippen molar-refractivity contribution in [3.63, 3.8) is 0 Å². The minimum absolute atomic E-state index is 0.175. The molecule has 0 aliphatic carbocycles. The van der Waals surface area contributed by atoms with Gasteiger partial charge in [-0.1, -0.05) is 12.1 Å². The van der Waals surface area contributed by atoms with E-state index < -0.39 is 11.8 Å². The summed E-state index contributed by atoms with van der Waals surface area (Å²) in [4.78, 5) is 12.5. The van der Waals surface area contributed by atoms with Crippen molar-refractivity contribution in [2.45, 2.75) is 12.5 Å². The smallest absolute Gasteiger partial charge is 0.408 e. The number of hydrogen-bond acceptors (Lipinski definition) is 5. The van der Waals surface area contributed by atoms with Crippen LogP contribution >= 0.6 is 11.3 Å². The van der Waals surface area contributed by atoms with E-state index in [0.29, 0.717) is 21.4 Å². The number of fused-ring (bicyclic) bond motifs is 2. The van der Waals surface area contributed by atoms with Crippen LogP contribution in [0.1, 0.15) is 5.56 Å². The van der Waals surface area contributed by atoms with Crippen molar-refractivity contribution in [3.05, 3.63) is 58.3 Å². The Hall–Kier alpha value is -2.95. The predicted octanol–water partition coefficient (Wildman–Crippen LogP) is 3.55. The Kier molecular flexibility index (Phi) is 3.87. The minimum atomic E-state index is -0.730. The van der Waals surface area contributed by atoms with Crippen LogP contribution in [0, 0.1) is 17.1 Å². The van der Waals surface area contributed by atoms with E-state index in [2.05, 4.69) is 0 Å². The molecule has 5 nitrogen and oxygen atoms in total. The SMILES string of the molecule is Cn1c(=O)oc2ccc(-c3cc4ccc(CC(N)C#N)c(F)c4s3)cc21. The number of nitriles is 1. The number of halogens is 1. The van der Waals surface area contributed by atoms with Gasteiger partial charge in [0.2, 0.25) is 0 Å². The number of aromatic nitrogens is 1. The number of rotatable bonds is 3. The molecular weight excluding hydrogens is 353 g/mol. The van der Waals surface area contributed by atoms with Gasteiger partial charge in [0.15, 0.2) is 5.58 Å². The van der Waals surface area contributed by atoms with Crippen molar-refractivity contribution in [1.29, 1.82) is 5.26 Å². The van der Waals surface area contributed by atoms with Gasteiger partial charge in [-0.3, -0.25) is 4.57 Å². The van der Waals surface area contributed by atoms with Crippen molar-refractivity contribution in [3.8, 4) is 16.5 Å². The van der Waals surface area contributed by atoms with Gasteiger partial charge in [0.05, 0.1) is 22.3 Å². The van der Waals surface area contributed by atoms with Crippen molar-refractivity contribution >= 4 is 32.5 Å².